The number of hydrogen-bond donors (Lipinski definition) is 0. The molecule has 1 aromatic carbocycles. The van der Waals surface area contributed by atoms with E-state index < -0.39 is 17.5 Å². The van der Waals surface area contributed by atoms with Gasteiger partial charge in [-0.3, -0.25) is 4.79 Å². The van der Waals surface area contributed by atoms with Gasteiger partial charge in [-0.25, -0.2) is 0 Å². The zero-order valence-electron chi connectivity index (χ0n) is 12.1. The Bertz CT molecular complexity index is 549. The number of carbonyl (C=O) groups excluding carboxylic acids is 1. The molecule has 4 nitrogen and oxygen atoms in total. The fourth-order valence-corrected chi connectivity index (χ4v) is 2.85. The lowest BCUT2D eigenvalue weighted by Gasteiger charge is -2.41. The van der Waals surface area contributed by atoms with E-state index in [9.17, 15) is 10.1 Å². The Kier molecular flexibility index (Phi) is 4.77. The van der Waals surface area contributed by atoms with Crippen LogP contribution in [0.2, 0.25) is 0 Å². The molecule has 1 aliphatic heterocycles. The number of rotatable bonds is 4. The summed E-state index contributed by atoms with van der Waals surface area (Å²) < 4.78 is 11.0. The Morgan fingerprint density at radius 2 is 2.29 bits per heavy atom. The molecule has 0 amide bonds. The van der Waals surface area contributed by atoms with Crippen LogP contribution in [0.15, 0.2) is 43.0 Å². The molecule has 1 saturated heterocycles. The van der Waals surface area contributed by atoms with Gasteiger partial charge in [0.25, 0.3) is 0 Å². The molecule has 1 unspecified atom stereocenters. The molecule has 0 spiro atoms. The fraction of sp³-hybridized carbons (Fsp3) is 0.412. The molecule has 0 saturated carbocycles. The lowest BCUT2D eigenvalue weighted by molar-refractivity contribution is -0.172. The molecular formula is C17H19NO3. The number of carbonyl (C=O) groups is 1. The van der Waals surface area contributed by atoms with Crippen LogP contribution in [0.25, 0.3) is 0 Å². The standard InChI is InChI=1S/C17H19NO3/c1-3-14-10-11-21-15(13-8-6-5-7-9-13)17(14,12-18)16(19)20-4-2/h3,5-9,14-15H,1,4,10-11H2,2H3/t14-,15+,17?/m0/s1. The highest BCUT2D eigenvalue weighted by molar-refractivity contribution is 5.82. The molecule has 0 aliphatic carbocycles. The predicted octanol–water partition coefficient (Wildman–Crippen LogP) is 3.02. The number of benzene rings is 1. The van der Waals surface area contributed by atoms with E-state index in [0.29, 0.717) is 13.0 Å². The average Bonchev–Trinajstić information content (AvgIpc) is 2.54. The summed E-state index contributed by atoms with van der Waals surface area (Å²) in [7, 11) is 0. The Labute approximate surface area is 125 Å². The van der Waals surface area contributed by atoms with Crippen LogP contribution in [-0.2, 0) is 14.3 Å². The predicted molar refractivity (Wildman–Crippen MR) is 78.1 cm³/mol. The quantitative estimate of drug-likeness (QED) is 0.630. The molecule has 0 radical (unpaired) electrons. The number of allylic oxidation sites excluding steroid dienone is 1. The van der Waals surface area contributed by atoms with Crippen molar-refractivity contribution in [1.82, 2.24) is 0 Å². The maximum Gasteiger partial charge on any atom is 0.330 e. The molecule has 1 aliphatic rings. The number of nitrogens with zero attached hydrogens (tertiary/aromatic N) is 1. The molecule has 1 fully saturated rings. The number of ether oxygens (including phenoxy) is 2. The highest BCUT2D eigenvalue weighted by Crippen LogP contribution is 2.48. The zero-order chi connectivity index (χ0) is 15.3. The minimum absolute atomic E-state index is 0.230. The maximum atomic E-state index is 12.5. The molecule has 4 heteroatoms. The normalized spacial score (nSPS) is 28.4. The smallest absolute Gasteiger partial charge is 0.330 e. The van der Waals surface area contributed by atoms with Crippen molar-refractivity contribution in [2.45, 2.75) is 19.4 Å². The minimum atomic E-state index is -1.38. The molecule has 0 aromatic heterocycles. The second-order valence-corrected chi connectivity index (χ2v) is 4.99. The Balaban J connectivity index is 2.52. The Hall–Kier alpha value is -2.12. The Morgan fingerprint density at radius 3 is 2.86 bits per heavy atom. The van der Waals surface area contributed by atoms with E-state index >= 15 is 0 Å². The van der Waals surface area contributed by atoms with Crippen molar-refractivity contribution in [3.63, 3.8) is 0 Å². The molecule has 1 aromatic rings. The third-order valence-corrected chi connectivity index (χ3v) is 3.90. The maximum absolute atomic E-state index is 12.5. The summed E-state index contributed by atoms with van der Waals surface area (Å²) in [4.78, 5) is 12.5. The minimum Gasteiger partial charge on any atom is -0.465 e. The summed E-state index contributed by atoms with van der Waals surface area (Å²) in [6, 6.07) is 11.5. The van der Waals surface area contributed by atoms with Gasteiger partial charge in [0.05, 0.1) is 12.7 Å². The van der Waals surface area contributed by atoms with E-state index in [1.54, 1.807) is 13.0 Å². The van der Waals surface area contributed by atoms with Crippen molar-refractivity contribution in [1.29, 1.82) is 5.26 Å². The monoisotopic (exact) mass is 285 g/mol. The molecule has 2 rings (SSSR count). The van der Waals surface area contributed by atoms with E-state index in [1.807, 2.05) is 30.3 Å². The number of hydrogen-bond acceptors (Lipinski definition) is 4. The first kappa shape index (κ1) is 15.3. The topological polar surface area (TPSA) is 59.3 Å². The van der Waals surface area contributed by atoms with Crippen LogP contribution in [0.4, 0.5) is 0 Å². The van der Waals surface area contributed by atoms with Crippen molar-refractivity contribution in [2.24, 2.45) is 11.3 Å². The van der Waals surface area contributed by atoms with Gasteiger partial charge in [-0.05, 0) is 18.9 Å². The van der Waals surface area contributed by atoms with Crippen molar-refractivity contribution in [2.75, 3.05) is 13.2 Å². The molecule has 1 heterocycles. The van der Waals surface area contributed by atoms with Gasteiger partial charge >= 0.3 is 5.97 Å². The molecule has 21 heavy (non-hydrogen) atoms. The van der Waals surface area contributed by atoms with Crippen LogP contribution >= 0.6 is 0 Å². The van der Waals surface area contributed by atoms with Gasteiger partial charge < -0.3 is 9.47 Å². The van der Waals surface area contributed by atoms with Crippen molar-refractivity contribution in [3.8, 4) is 6.07 Å². The highest BCUT2D eigenvalue weighted by atomic mass is 16.5. The van der Waals surface area contributed by atoms with Crippen molar-refractivity contribution < 1.29 is 14.3 Å². The van der Waals surface area contributed by atoms with Gasteiger partial charge in [0.2, 0.25) is 0 Å². The van der Waals surface area contributed by atoms with E-state index in [1.165, 1.54) is 0 Å². The molecule has 3 atom stereocenters. The molecule has 110 valence electrons. The fourth-order valence-electron chi connectivity index (χ4n) is 2.85. The number of esters is 1. The van der Waals surface area contributed by atoms with Gasteiger partial charge in [-0.15, -0.1) is 6.58 Å². The molecule has 0 bridgehead atoms. The van der Waals surface area contributed by atoms with Gasteiger partial charge in [-0.1, -0.05) is 36.4 Å². The summed E-state index contributed by atoms with van der Waals surface area (Å²) >= 11 is 0. The first-order valence-corrected chi connectivity index (χ1v) is 7.08. The third kappa shape index (κ3) is 2.57. The lowest BCUT2D eigenvalue weighted by Crippen LogP contribution is -2.47. The third-order valence-electron chi connectivity index (χ3n) is 3.90. The van der Waals surface area contributed by atoms with Gasteiger partial charge in [0, 0.05) is 12.5 Å². The first-order valence-electron chi connectivity index (χ1n) is 7.08. The number of nitriles is 1. The lowest BCUT2D eigenvalue weighted by atomic mass is 9.67. The SMILES string of the molecule is C=C[C@H]1CCO[C@H](c2ccccc2)C1(C#N)C(=O)OCC. The molecular weight excluding hydrogens is 266 g/mol. The van der Waals surface area contributed by atoms with E-state index in [4.69, 9.17) is 9.47 Å². The van der Waals surface area contributed by atoms with Crippen molar-refractivity contribution in [3.05, 3.63) is 48.6 Å². The van der Waals surface area contributed by atoms with E-state index in [0.717, 1.165) is 5.56 Å². The molecule has 0 N–H and O–H groups in total. The summed E-state index contributed by atoms with van der Waals surface area (Å²) in [5.74, 6) is -0.827. The van der Waals surface area contributed by atoms with Crippen LogP contribution in [0, 0.1) is 22.7 Å². The summed E-state index contributed by atoms with van der Waals surface area (Å²) in [5, 5.41) is 9.79. The summed E-state index contributed by atoms with van der Waals surface area (Å²) in [5.41, 5.74) is -0.573. The second kappa shape index (κ2) is 6.55. The van der Waals surface area contributed by atoms with E-state index in [2.05, 4.69) is 12.6 Å². The largest absolute Gasteiger partial charge is 0.465 e. The second-order valence-electron chi connectivity index (χ2n) is 4.99. The summed E-state index contributed by atoms with van der Waals surface area (Å²) in [6.45, 7) is 6.23. The van der Waals surface area contributed by atoms with Gasteiger partial charge in [0.15, 0.2) is 5.41 Å². The van der Waals surface area contributed by atoms with Crippen LogP contribution < -0.4 is 0 Å². The van der Waals surface area contributed by atoms with Crippen LogP contribution in [-0.4, -0.2) is 19.2 Å². The van der Waals surface area contributed by atoms with Crippen LogP contribution in [0.1, 0.15) is 25.0 Å². The average molecular weight is 285 g/mol. The van der Waals surface area contributed by atoms with Gasteiger partial charge in [-0.2, -0.15) is 5.26 Å². The zero-order valence-corrected chi connectivity index (χ0v) is 12.1. The van der Waals surface area contributed by atoms with E-state index in [-0.39, 0.29) is 12.5 Å². The van der Waals surface area contributed by atoms with Crippen LogP contribution in [0.3, 0.4) is 0 Å². The summed E-state index contributed by atoms with van der Waals surface area (Å²) in [6.07, 6.45) is 1.61. The van der Waals surface area contributed by atoms with Crippen LogP contribution in [0.5, 0.6) is 0 Å². The van der Waals surface area contributed by atoms with Gasteiger partial charge in [0.1, 0.15) is 6.10 Å². The Morgan fingerprint density at radius 1 is 1.57 bits per heavy atom. The first-order chi connectivity index (χ1) is 10.2. The highest BCUT2D eigenvalue weighted by Gasteiger charge is 2.56. The van der Waals surface area contributed by atoms with Crippen molar-refractivity contribution >= 4 is 5.97 Å².